The molecule has 70 valence electrons. The maximum Gasteiger partial charge on any atom is 0.196 e. The van der Waals surface area contributed by atoms with E-state index in [-0.39, 0.29) is 17.1 Å². The van der Waals surface area contributed by atoms with E-state index in [1.54, 1.807) is 11.3 Å². The first-order valence-corrected chi connectivity index (χ1v) is 5.62. The lowest BCUT2D eigenvalue weighted by atomic mass is 10.2. The predicted octanol–water partition coefficient (Wildman–Crippen LogP) is 2.62. The molecule has 1 aromatic rings. The van der Waals surface area contributed by atoms with Crippen molar-refractivity contribution in [3.8, 4) is 0 Å². The molecule has 0 aromatic carbocycles. The van der Waals surface area contributed by atoms with E-state index in [1.807, 2.05) is 5.38 Å². The summed E-state index contributed by atoms with van der Waals surface area (Å²) < 4.78 is 0. The van der Waals surface area contributed by atoms with Gasteiger partial charge in [-0.15, -0.1) is 22.9 Å². The number of nitrogens with zero attached hydrogens (tertiary/aromatic N) is 1. The van der Waals surface area contributed by atoms with Gasteiger partial charge in [-0.1, -0.05) is 6.92 Å². The molecule has 1 aliphatic rings. The van der Waals surface area contributed by atoms with Crippen molar-refractivity contribution in [3.05, 3.63) is 16.1 Å². The number of hydrogen-bond acceptors (Lipinski definition) is 3. The van der Waals surface area contributed by atoms with Gasteiger partial charge in [0.05, 0.1) is 10.9 Å². The first-order chi connectivity index (χ1) is 6.15. The topological polar surface area (TPSA) is 30.0 Å². The number of hydrogen-bond donors (Lipinski definition) is 0. The van der Waals surface area contributed by atoms with Gasteiger partial charge < -0.3 is 0 Å². The summed E-state index contributed by atoms with van der Waals surface area (Å²) in [7, 11) is 0. The van der Waals surface area contributed by atoms with Crippen LogP contribution in [-0.4, -0.2) is 16.6 Å². The molecule has 4 heteroatoms. The van der Waals surface area contributed by atoms with E-state index >= 15 is 0 Å². The Labute approximate surface area is 85.9 Å². The second-order valence-electron chi connectivity index (χ2n) is 3.66. The molecular formula is C9H10ClNOS. The largest absolute Gasteiger partial charge is 0.291 e. The SMILES string of the molecule is CC1(c2nc(C(=O)CCl)cs2)CC1. The highest BCUT2D eigenvalue weighted by atomic mass is 35.5. The van der Waals surface area contributed by atoms with Crippen LogP contribution in [-0.2, 0) is 5.41 Å². The molecule has 0 atom stereocenters. The average molecular weight is 216 g/mol. The Morgan fingerprint density at radius 2 is 2.46 bits per heavy atom. The number of alkyl halides is 1. The number of ketones is 1. The van der Waals surface area contributed by atoms with E-state index in [1.165, 1.54) is 12.8 Å². The Hall–Kier alpha value is -0.410. The van der Waals surface area contributed by atoms with Crippen molar-refractivity contribution in [3.63, 3.8) is 0 Å². The van der Waals surface area contributed by atoms with Crippen molar-refractivity contribution in [1.29, 1.82) is 0 Å². The molecule has 0 bridgehead atoms. The van der Waals surface area contributed by atoms with E-state index < -0.39 is 0 Å². The third-order valence-electron chi connectivity index (χ3n) is 2.43. The molecule has 1 saturated carbocycles. The Balaban J connectivity index is 2.23. The molecule has 13 heavy (non-hydrogen) atoms. The highest BCUT2D eigenvalue weighted by Gasteiger charge is 2.41. The summed E-state index contributed by atoms with van der Waals surface area (Å²) in [6, 6.07) is 0. The fourth-order valence-electron chi connectivity index (χ4n) is 1.15. The fourth-order valence-corrected chi connectivity index (χ4v) is 2.33. The molecule has 0 amide bonds. The molecule has 2 nitrogen and oxygen atoms in total. The van der Waals surface area contributed by atoms with Crippen molar-refractivity contribution in [2.45, 2.75) is 25.2 Å². The van der Waals surface area contributed by atoms with Crippen LogP contribution in [0, 0.1) is 0 Å². The van der Waals surface area contributed by atoms with E-state index in [0.29, 0.717) is 5.69 Å². The van der Waals surface area contributed by atoms with Gasteiger partial charge in [-0.05, 0) is 12.8 Å². The minimum absolute atomic E-state index is 0.0277. The van der Waals surface area contributed by atoms with Crippen LogP contribution in [0.5, 0.6) is 0 Å². The summed E-state index contributed by atoms with van der Waals surface area (Å²) in [4.78, 5) is 15.5. The number of rotatable bonds is 3. The smallest absolute Gasteiger partial charge is 0.196 e. The van der Waals surface area contributed by atoms with Gasteiger partial charge in [0.1, 0.15) is 5.69 Å². The molecule has 0 unspecified atom stereocenters. The fraction of sp³-hybridized carbons (Fsp3) is 0.556. The molecule has 0 aliphatic heterocycles. The second kappa shape index (κ2) is 3.07. The normalized spacial score (nSPS) is 18.6. The summed E-state index contributed by atoms with van der Waals surface area (Å²) in [6.07, 6.45) is 2.38. The first kappa shape index (κ1) is 9.16. The summed E-state index contributed by atoms with van der Waals surface area (Å²) in [5, 5.41) is 2.89. The zero-order valence-corrected chi connectivity index (χ0v) is 8.91. The molecule has 1 aromatic heterocycles. The minimum atomic E-state index is -0.0755. The van der Waals surface area contributed by atoms with Crippen molar-refractivity contribution in [2.24, 2.45) is 0 Å². The molecule has 0 radical (unpaired) electrons. The Morgan fingerprint density at radius 1 is 1.77 bits per heavy atom. The molecule has 1 heterocycles. The predicted molar refractivity (Wildman–Crippen MR) is 53.8 cm³/mol. The summed E-state index contributed by atoms with van der Waals surface area (Å²) in [5.74, 6) is -0.0479. The lowest BCUT2D eigenvalue weighted by molar-refractivity contribution is 0.101. The van der Waals surface area contributed by atoms with Crippen LogP contribution >= 0.6 is 22.9 Å². The second-order valence-corrected chi connectivity index (χ2v) is 4.78. The van der Waals surface area contributed by atoms with Crippen LogP contribution in [0.25, 0.3) is 0 Å². The lowest BCUT2D eigenvalue weighted by Crippen LogP contribution is -2.03. The molecule has 0 N–H and O–H groups in total. The van der Waals surface area contributed by atoms with Crippen LogP contribution in [0.4, 0.5) is 0 Å². The Kier molecular flexibility index (Phi) is 2.16. The molecule has 0 spiro atoms. The van der Waals surface area contributed by atoms with Gasteiger partial charge in [-0.2, -0.15) is 0 Å². The Morgan fingerprint density at radius 3 is 3.00 bits per heavy atom. The van der Waals surface area contributed by atoms with Crippen LogP contribution < -0.4 is 0 Å². The maximum atomic E-state index is 11.2. The summed E-state index contributed by atoms with van der Waals surface area (Å²) in [6.45, 7) is 2.18. The minimum Gasteiger partial charge on any atom is -0.291 e. The lowest BCUT2D eigenvalue weighted by Gasteiger charge is -2.00. The highest BCUT2D eigenvalue weighted by molar-refractivity contribution is 7.10. The average Bonchev–Trinajstić information content (AvgIpc) is 2.72. The number of thiazole rings is 1. The highest BCUT2D eigenvalue weighted by Crippen LogP contribution is 2.48. The third kappa shape index (κ3) is 1.63. The molecule has 2 rings (SSSR count). The van der Waals surface area contributed by atoms with Gasteiger partial charge in [0, 0.05) is 10.8 Å². The number of aromatic nitrogens is 1. The maximum absolute atomic E-state index is 11.2. The van der Waals surface area contributed by atoms with Crippen molar-refractivity contribution in [2.75, 3.05) is 5.88 Å². The van der Waals surface area contributed by atoms with E-state index in [4.69, 9.17) is 11.6 Å². The molecular weight excluding hydrogens is 206 g/mol. The quantitative estimate of drug-likeness (QED) is 0.573. The van der Waals surface area contributed by atoms with Crippen LogP contribution in [0.2, 0.25) is 0 Å². The summed E-state index contributed by atoms with van der Waals surface area (Å²) in [5.41, 5.74) is 0.790. The zero-order chi connectivity index (χ0) is 9.47. The number of carbonyl (C=O) groups excluding carboxylic acids is 1. The standard InChI is InChI=1S/C9H10ClNOS/c1-9(2-3-9)8-11-6(5-13-8)7(12)4-10/h5H,2-4H2,1H3. The number of Topliss-reactive ketones (excluding diaryl/α,β-unsaturated/α-hetero) is 1. The van der Waals surface area contributed by atoms with Gasteiger partial charge in [-0.3, -0.25) is 4.79 Å². The Bertz CT molecular complexity index is 343. The zero-order valence-electron chi connectivity index (χ0n) is 7.34. The number of halogens is 1. The first-order valence-electron chi connectivity index (χ1n) is 4.21. The van der Waals surface area contributed by atoms with Crippen molar-refractivity contribution < 1.29 is 4.79 Å². The number of carbonyl (C=O) groups is 1. The molecule has 1 aliphatic carbocycles. The molecule has 1 fully saturated rings. The van der Waals surface area contributed by atoms with Gasteiger partial charge in [0.15, 0.2) is 5.78 Å². The third-order valence-corrected chi connectivity index (χ3v) is 3.82. The van der Waals surface area contributed by atoms with E-state index in [9.17, 15) is 4.79 Å². The van der Waals surface area contributed by atoms with Crippen LogP contribution in [0.1, 0.15) is 35.3 Å². The van der Waals surface area contributed by atoms with Gasteiger partial charge >= 0.3 is 0 Å². The monoisotopic (exact) mass is 215 g/mol. The van der Waals surface area contributed by atoms with E-state index in [0.717, 1.165) is 5.01 Å². The van der Waals surface area contributed by atoms with Crippen LogP contribution in [0.15, 0.2) is 5.38 Å². The van der Waals surface area contributed by atoms with Crippen LogP contribution in [0.3, 0.4) is 0 Å². The van der Waals surface area contributed by atoms with E-state index in [2.05, 4.69) is 11.9 Å². The van der Waals surface area contributed by atoms with Gasteiger partial charge in [0.25, 0.3) is 0 Å². The van der Waals surface area contributed by atoms with Crippen molar-refractivity contribution in [1.82, 2.24) is 4.98 Å². The summed E-state index contributed by atoms with van der Waals surface area (Å²) >= 11 is 7.01. The van der Waals surface area contributed by atoms with Gasteiger partial charge in [0.2, 0.25) is 0 Å². The van der Waals surface area contributed by atoms with Crippen molar-refractivity contribution >= 4 is 28.7 Å². The van der Waals surface area contributed by atoms with Gasteiger partial charge in [-0.25, -0.2) is 4.98 Å². The molecule has 0 saturated heterocycles.